The van der Waals surface area contributed by atoms with Crippen LogP contribution in [-0.4, -0.2) is 17.0 Å². The van der Waals surface area contributed by atoms with E-state index in [-0.39, 0.29) is 11.5 Å². The number of aliphatic hydroxyl groups excluding tert-OH is 1. The maximum absolute atomic E-state index is 11.7. The Balaban J connectivity index is 1.69. The lowest BCUT2D eigenvalue weighted by Crippen LogP contribution is -2.53. The van der Waals surface area contributed by atoms with Gasteiger partial charge in [-0.2, -0.15) is 0 Å². The van der Waals surface area contributed by atoms with Crippen molar-refractivity contribution in [1.29, 1.82) is 0 Å². The van der Waals surface area contributed by atoms with Crippen molar-refractivity contribution < 1.29 is 9.90 Å². The molecule has 2 heteroatoms. The summed E-state index contributed by atoms with van der Waals surface area (Å²) in [5.41, 5.74) is 1.89. The van der Waals surface area contributed by atoms with Gasteiger partial charge in [0.05, 0.1) is 6.10 Å². The van der Waals surface area contributed by atoms with E-state index in [9.17, 15) is 9.90 Å². The van der Waals surface area contributed by atoms with E-state index in [0.29, 0.717) is 17.1 Å². The van der Waals surface area contributed by atoms with Crippen LogP contribution >= 0.6 is 0 Å². The summed E-state index contributed by atoms with van der Waals surface area (Å²) in [6, 6.07) is 0. The number of ketones is 1. The van der Waals surface area contributed by atoms with Gasteiger partial charge in [0.2, 0.25) is 0 Å². The molecule has 3 saturated carbocycles. The predicted molar refractivity (Wildman–Crippen MR) is 82.7 cm³/mol. The number of fused-ring (bicyclic) bond motifs is 5. The van der Waals surface area contributed by atoms with Crippen LogP contribution in [0.5, 0.6) is 0 Å². The van der Waals surface area contributed by atoms with Crippen LogP contribution in [0.15, 0.2) is 11.6 Å². The third-order valence-corrected chi connectivity index (χ3v) is 8.09. The molecule has 0 spiro atoms. The average Bonchev–Trinajstić information content (AvgIpc) is 2.71. The number of aliphatic hydroxyl groups is 1. The molecule has 1 N–H and O–H groups in total. The molecule has 4 aliphatic rings. The molecule has 0 bridgehead atoms. The van der Waals surface area contributed by atoms with Gasteiger partial charge in [-0.15, -0.1) is 0 Å². The molecular formula is C19H28O2. The molecule has 0 saturated heterocycles. The van der Waals surface area contributed by atoms with Crippen LogP contribution in [0.4, 0.5) is 0 Å². The van der Waals surface area contributed by atoms with E-state index in [1.165, 1.54) is 31.3 Å². The number of rotatable bonds is 0. The molecule has 21 heavy (non-hydrogen) atoms. The summed E-state index contributed by atoms with van der Waals surface area (Å²) in [6.45, 7) is 4.80. The van der Waals surface area contributed by atoms with E-state index < -0.39 is 0 Å². The molecule has 0 radical (unpaired) electrons. The third-order valence-electron chi connectivity index (χ3n) is 8.09. The minimum atomic E-state index is -0.103. The zero-order chi connectivity index (χ0) is 14.8. The van der Waals surface area contributed by atoms with Gasteiger partial charge < -0.3 is 5.11 Å². The van der Waals surface area contributed by atoms with Crippen molar-refractivity contribution in [2.24, 2.45) is 28.6 Å². The molecule has 0 aromatic rings. The Bertz CT molecular complexity index is 508. The Morgan fingerprint density at radius 3 is 2.62 bits per heavy atom. The minimum absolute atomic E-state index is 0.103. The highest BCUT2D eigenvalue weighted by atomic mass is 16.3. The Morgan fingerprint density at radius 2 is 1.81 bits per heavy atom. The maximum Gasteiger partial charge on any atom is 0.155 e. The fourth-order valence-electron chi connectivity index (χ4n) is 6.57. The van der Waals surface area contributed by atoms with Crippen molar-refractivity contribution in [1.82, 2.24) is 0 Å². The topological polar surface area (TPSA) is 37.3 Å². The molecule has 4 rings (SSSR count). The zero-order valence-corrected chi connectivity index (χ0v) is 13.4. The lowest BCUT2D eigenvalue weighted by Gasteiger charge is -2.59. The quantitative estimate of drug-likeness (QED) is 0.734. The Labute approximate surface area is 128 Å². The van der Waals surface area contributed by atoms with E-state index in [1.807, 2.05) is 6.08 Å². The monoisotopic (exact) mass is 288 g/mol. The van der Waals surface area contributed by atoms with Gasteiger partial charge in [-0.3, -0.25) is 4.79 Å². The van der Waals surface area contributed by atoms with Gasteiger partial charge in [-0.1, -0.05) is 19.4 Å². The first-order valence-corrected chi connectivity index (χ1v) is 8.87. The maximum atomic E-state index is 11.7. The SMILES string of the molecule is CC12CCC3C4CCC(=O)C=C4CCC3C1(C)CCC2O. The Morgan fingerprint density at radius 1 is 1.05 bits per heavy atom. The van der Waals surface area contributed by atoms with Gasteiger partial charge in [0.15, 0.2) is 5.78 Å². The van der Waals surface area contributed by atoms with Gasteiger partial charge in [-0.05, 0) is 79.6 Å². The summed E-state index contributed by atoms with van der Waals surface area (Å²) >= 11 is 0. The van der Waals surface area contributed by atoms with Crippen molar-refractivity contribution in [2.45, 2.75) is 71.3 Å². The second kappa shape index (κ2) is 4.44. The summed E-state index contributed by atoms with van der Waals surface area (Å²) in [7, 11) is 0. The van der Waals surface area contributed by atoms with Gasteiger partial charge in [0.25, 0.3) is 0 Å². The van der Waals surface area contributed by atoms with Gasteiger partial charge in [0, 0.05) is 6.42 Å². The minimum Gasteiger partial charge on any atom is -0.393 e. The largest absolute Gasteiger partial charge is 0.393 e. The number of carbonyl (C=O) groups is 1. The molecule has 0 amide bonds. The van der Waals surface area contributed by atoms with Crippen molar-refractivity contribution in [2.75, 3.05) is 0 Å². The number of hydrogen-bond acceptors (Lipinski definition) is 2. The summed E-state index contributed by atoms with van der Waals surface area (Å²) in [6.07, 6.45) is 10.7. The van der Waals surface area contributed by atoms with Gasteiger partial charge in [0.1, 0.15) is 0 Å². The van der Waals surface area contributed by atoms with Gasteiger partial charge in [-0.25, -0.2) is 0 Å². The molecule has 6 atom stereocenters. The second-order valence-corrected chi connectivity index (χ2v) is 8.57. The standard InChI is InChI=1S/C19H28O2/c1-18-10-8-17(21)19(18,2)9-7-15-14-5-4-13(20)11-12(14)3-6-16(15)18/h11,14-17,21H,3-10H2,1-2H3. The molecule has 2 nitrogen and oxygen atoms in total. The highest BCUT2D eigenvalue weighted by molar-refractivity contribution is 5.91. The first kappa shape index (κ1) is 14.0. The molecule has 0 aromatic heterocycles. The molecular weight excluding hydrogens is 260 g/mol. The van der Waals surface area contributed by atoms with E-state index in [1.54, 1.807) is 0 Å². The van der Waals surface area contributed by atoms with Crippen LogP contribution in [0.2, 0.25) is 0 Å². The number of hydrogen-bond donors (Lipinski definition) is 1. The van der Waals surface area contributed by atoms with Crippen LogP contribution < -0.4 is 0 Å². The van der Waals surface area contributed by atoms with Crippen molar-refractivity contribution in [3.05, 3.63) is 11.6 Å². The van der Waals surface area contributed by atoms with Crippen LogP contribution in [0.1, 0.15) is 65.2 Å². The van der Waals surface area contributed by atoms with Crippen molar-refractivity contribution in [3.63, 3.8) is 0 Å². The molecule has 0 aliphatic heterocycles. The number of allylic oxidation sites excluding steroid dienone is 1. The van der Waals surface area contributed by atoms with Gasteiger partial charge >= 0.3 is 0 Å². The molecule has 6 unspecified atom stereocenters. The molecule has 3 fully saturated rings. The van der Waals surface area contributed by atoms with Crippen LogP contribution in [0.3, 0.4) is 0 Å². The van der Waals surface area contributed by atoms with Crippen molar-refractivity contribution >= 4 is 5.78 Å². The lowest BCUT2D eigenvalue weighted by atomic mass is 9.46. The summed E-state index contributed by atoms with van der Waals surface area (Å²) < 4.78 is 0. The van der Waals surface area contributed by atoms with E-state index >= 15 is 0 Å². The normalized spacial score (nSPS) is 52.7. The number of carbonyl (C=O) groups excluding carboxylic acids is 1. The Kier molecular flexibility index (Phi) is 2.96. The highest BCUT2D eigenvalue weighted by Gasteiger charge is 2.62. The van der Waals surface area contributed by atoms with E-state index in [4.69, 9.17) is 0 Å². The molecule has 0 aromatic carbocycles. The fraction of sp³-hybridized carbons (Fsp3) is 0.842. The van der Waals surface area contributed by atoms with Crippen LogP contribution in [-0.2, 0) is 4.79 Å². The van der Waals surface area contributed by atoms with Crippen molar-refractivity contribution in [3.8, 4) is 0 Å². The Hall–Kier alpha value is -0.630. The summed E-state index contributed by atoms with van der Waals surface area (Å²) in [4.78, 5) is 11.7. The van der Waals surface area contributed by atoms with E-state index in [0.717, 1.165) is 37.5 Å². The second-order valence-electron chi connectivity index (χ2n) is 8.57. The fourth-order valence-corrected chi connectivity index (χ4v) is 6.57. The molecule has 0 heterocycles. The van der Waals surface area contributed by atoms with Crippen LogP contribution in [0.25, 0.3) is 0 Å². The zero-order valence-electron chi connectivity index (χ0n) is 13.4. The van der Waals surface area contributed by atoms with Crippen LogP contribution in [0, 0.1) is 28.6 Å². The first-order chi connectivity index (χ1) is 9.96. The smallest absolute Gasteiger partial charge is 0.155 e. The summed E-state index contributed by atoms with van der Waals surface area (Å²) in [5.74, 6) is 2.54. The molecule has 116 valence electrons. The lowest BCUT2D eigenvalue weighted by molar-refractivity contribution is -0.120. The average molecular weight is 288 g/mol. The molecule has 4 aliphatic carbocycles. The third kappa shape index (κ3) is 1.72. The highest BCUT2D eigenvalue weighted by Crippen LogP contribution is 2.68. The predicted octanol–water partition coefficient (Wildman–Crippen LogP) is 3.88. The first-order valence-electron chi connectivity index (χ1n) is 8.87. The summed E-state index contributed by atoms with van der Waals surface area (Å²) in [5, 5.41) is 10.6. The van der Waals surface area contributed by atoms with E-state index in [2.05, 4.69) is 13.8 Å².